The molecule has 0 bridgehead atoms. The summed E-state index contributed by atoms with van der Waals surface area (Å²) in [6, 6.07) is 9.89. The number of nitro benzene ring substituents is 1. The van der Waals surface area contributed by atoms with E-state index in [0.717, 1.165) is 6.07 Å². The highest BCUT2D eigenvalue weighted by atomic mass is 35.5. The van der Waals surface area contributed by atoms with E-state index in [4.69, 9.17) is 16.3 Å². The third-order valence-electron chi connectivity index (χ3n) is 3.12. The third kappa shape index (κ3) is 4.67. The van der Waals surface area contributed by atoms with E-state index in [9.17, 15) is 19.7 Å². The number of rotatable bonds is 5. The smallest absolute Gasteiger partial charge is 0.283 e. The number of hydrogen-bond acceptors (Lipinski definition) is 5. The first-order valence-electron chi connectivity index (χ1n) is 7.20. The van der Waals surface area contributed by atoms with E-state index >= 15 is 0 Å². The zero-order chi connectivity index (χ0) is 18.4. The molecule has 25 heavy (non-hydrogen) atoms. The number of amides is 2. The van der Waals surface area contributed by atoms with Crippen LogP contribution in [0.1, 0.15) is 27.6 Å². The van der Waals surface area contributed by atoms with Crippen molar-refractivity contribution in [3.8, 4) is 5.75 Å². The van der Waals surface area contributed by atoms with E-state index in [2.05, 4.69) is 10.9 Å². The lowest BCUT2D eigenvalue weighted by Crippen LogP contribution is -2.41. The van der Waals surface area contributed by atoms with Gasteiger partial charge in [0.25, 0.3) is 17.5 Å². The molecule has 0 atom stereocenters. The standard InChI is InChI=1S/C16H14ClN3O5/c1-2-25-12-6-3-10(4-7-12)15(21)18-19-16(22)13-8-5-11(17)9-14(13)20(23)24/h3-9H,2H2,1H3,(H,18,21)(H,19,22). The quantitative estimate of drug-likeness (QED) is 0.626. The third-order valence-corrected chi connectivity index (χ3v) is 3.35. The van der Waals surface area contributed by atoms with Crippen LogP contribution in [0.25, 0.3) is 0 Å². The summed E-state index contributed by atoms with van der Waals surface area (Å²) < 4.78 is 5.27. The van der Waals surface area contributed by atoms with Crippen LogP contribution >= 0.6 is 11.6 Å². The Morgan fingerprint density at radius 3 is 2.36 bits per heavy atom. The Balaban J connectivity index is 2.04. The van der Waals surface area contributed by atoms with Gasteiger partial charge in [0.05, 0.1) is 11.5 Å². The minimum Gasteiger partial charge on any atom is -0.494 e. The minimum atomic E-state index is -0.831. The molecule has 0 aromatic heterocycles. The SMILES string of the molecule is CCOc1ccc(C(=O)NNC(=O)c2ccc(Cl)cc2[N+](=O)[O-])cc1. The van der Waals surface area contributed by atoms with E-state index in [1.165, 1.54) is 24.3 Å². The molecule has 0 heterocycles. The van der Waals surface area contributed by atoms with Gasteiger partial charge in [-0.2, -0.15) is 0 Å². The second kappa shape index (κ2) is 8.11. The molecule has 0 spiro atoms. The van der Waals surface area contributed by atoms with Crippen molar-refractivity contribution in [1.29, 1.82) is 0 Å². The molecule has 2 aromatic carbocycles. The molecule has 0 saturated heterocycles. The van der Waals surface area contributed by atoms with Crippen LogP contribution in [0.5, 0.6) is 5.75 Å². The molecule has 2 N–H and O–H groups in total. The maximum atomic E-state index is 12.1. The fourth-order valence-corrected chi connectivity index (χ4v) is 2.14. The van der Waals surface area contributed by atoms with Crippen molar-refractivity contribution in [3.63, 3.8) is 0 Å². The average Bonchev–Trinajstić information content (AvgIpc) is 2.60. The van der Waals surface area contributed by atoms with E-state index in [1.807, 2.05) is 6.92 Å². The second-order valence-corrected chi connectivity index (χ2v) is 5.22. The van der Waals surface area contributed by atoms with Crippen LogP contribution in [-0.4, -0.2) is 23.3 Å². The molecular weight excluding hydrogens is 350 g/mol. The number of halogens is 1. The minimum absolute atomic E-state index is 0.127. The Bertz CT molecular complexity index is 808. The Hall–Kier alpha value is -3.13. The van der Waals surface area contributed by atoms with Crippen molar-refractivity contribution in [2.24, 2.45) is 0 Å². The van der Waals surface area contributed by atoms with Crippen LogP contribution in [0.3, 0.4) is 0 Å². The number of nitrogens with zero attached hydrogens (tertiary/aromatic N) is 1. The highest BCUT2D eigenvalue weighted by molar-refractivity contribution is 6.31. The molecule has 0 aliphatic heterocycles. The number of carbonyl (C=O) groups is 2. The van der Waals surface area contributed by atoms with Crippen LogP contribution < -0.4 is 15.6 Å². The highest BCUT2D eigenvalue weighted by Gasteiger charge is 2.21. The number of carbonyl (C=O) groups excluding carboxylic acids is 2. The lowest BCUT2D eigenvalue weighted by molar-refractivity contribution is -0.385. The van der Waals surface area contributed by atoms with E-state index < -0.39 is 22.4 Å². The summed E-state index contributed by atoms with van der Waals surface area (Å²) >= 11 is 5.69. The Labute approximate surface area is 147 Å². The van der Waals surface area contributed by atoms with E-state index in [0.29, 0.717) is 12.4 Å². The maximum Gasteiger partial charge on any atom is 0.283 e. The molecule has 2 rings (SSSR count). The van der Waals surface area contributed by atoms with Gasteiger partial charge in [-0.25, -0.2) is 0 Å². The van der Waals surface area contributed by atoms with Gasteiger partial charge in [-0.3, -0.25) is 30.6 Å². The first-order valence-corrected chi connectivity index (χ1v) is 7.57. The van der Waals surface area contributed by atoms with Crippen LogP contribution in [0.4, 0.5) is 5.69 Å². The van der Waals surface area contributed by atoms with Crippen molar-refractivity contribution in [2.75, 3.05) is 6.61 Å². The molecule has 0 aliphatic carbocycles. The Morgan fingerprint density at radius 2 is 1.76 bits per heavy atom. The Morgan fingerprint density at radius 1 is 1.12 bits per heavy atom. The number of hydrazine groups is 1. The first-order chi connectivity index (χ1) is 11.9. The van der Waals surface area contributed by atoms with Crippen LogP contribution in [0, 0.1) is 10.1 Å². The fraction of sp³-hybridized carbons (Fsp3) is 0.125. The summed E-state index contributed by atoms with van der Waals surface area (Å²) in [5.74, 6) is -0.796. The number of benzene rings is 2. The topological polar surface area (TPSA) is 111 Å². The number of hydrogen-bond donors (Lipinski definition) is 2. The molecule has 0 saturated carbocycles. The molecule has 0 radical (unpaired) electrons. The summed E-state index contributed by atoms with van der Waals surface area (Å²) in [7, 11) is 0. The van der Waals surface area contributed by atoms with Crippen molar-refractivity contribution in [2.45, 2.75) is 6.92 Å². The van der Waals surface area contributed by atoms with E-state index in [1.54, 1.807) is 12.1 Å². The molecule has 9 heteroatoms. The molecule has 0 aliphatic rings. The average molecular weight is 364 g/mol. The number of nitro groups is 1. The van der Waals surface area contributed by atoms with Gasteiger partial charge < -0.3 is 4.74 Å². The zero-order valence-corrected chi connectivity index (χ0v) is 13.9. The second-order valence-electron chi connectivity index (χ2n) is 4.78. The number of ether oxygens (including phenoxy) is 1. The predicted molar refractivity (Wildman–Crippen MR) is 90.6 cm³/mol. The summed E-state index contributed by atoms with van der Waals surface area (Å²) in [6.07, 6.45) is 0. The first kappa shape index (κ1) is 18.2. The molecule has 0 unspecified atom stereocenters. The van der Waals surface area contributed by atoms with Crippen molar-refractivity contribution >= 4 is 29.1 Å². The van der Waals surface area contributed by atoms with Gasteiger partial charge in [-0.15, -0.1) is 0 Å². The summed E-state index contributed by atoms with van der Waals surface area (Å²) in [5, 5.41) is 11.1. The van der Waals surface area contributed by atoms with Crippen LogP contribution in [0.2, 0.25) is 5.02 Å². The molecule has 8 nitrogen and oxygen atoms in total. The van der Waals surface area contributed by atoms with Gasteiger partial charge >= 0.3 is 0 Å². The van der Waals surface area contributed by atoms with Crippen molar-refractivity contribution in [3.05, 3.63) is 68.7 Å². The summed E-state index contributed by atoms with van der Waals surface area (Å²) in [5.41, 5.74) is 3.94. The monoisotopic (exact) mass is 363 g/mol. The van der Waals surface area contributed by atoms with Gasteiger partial charge in [0, 0.05) is 16.7 Å². The van der Waals surface area contributed by atoms with Gasteiger partial charge in [-0.05, 0) is 43.3 Å². The van der Waals surface area contributed by atoms with Gasteiger partial charge in [0.1, 0.15) is 11.3 Å². The molecule has 130 valence electrons. The molecule has 0 fully saturated rings. The van der Waals surface area contributed by atoms with Gasteiger partial charge in [0.2, 0.25) is 0 Å². The van der Waals surface area contributed by atoms with Crippen LogP contribution in [-0.2, 0) is 0 Å². The molecule has 2 aromatic rings. The summed E-state index contributed by atoms with van der Waals surface area (Å²) in [6.45, 7) is 2.34. The van der Waals surface area contributed by atoms with Crippen molar-refractivity contribution < 1.29 is 19.2 Å². The largest absolute Gasteiger partial charge is 0.494 e. The molecule has 2 amide bonds. The predicted octanol–water partition coefficient (Wildman–Crippen LogP) is 2.72. The normalized spacial score (nSPS) is 10.0. The van der Waals surface area contributed by atoms with Gasteiger partial charge in [-0.1, -0.05) is 11.6 Å². The lowest BCUT2D eigenvalue weighted by Gasteiger charge is -2.09. The Kier molecular flexibility index (Phi) is 5.91. The zero-order valence-electron chi connectivity index (χ0n) is 13.1. The van der Waals surface area contributed by atoms with E-state index in [-0.39, 0.29) is 16.1 Å². The van der Waals surface area contributed by atoms with Crippen LogP contribution in [0.15, 0.2) is 42.5 Å². The van der Waals surface area contributed by atoms with Gasteiger partial charge in [0.15, 0.2) is 0 Å². The lowest BCUT2D eigenvalue weighted by atomic mass is 10.1. The number of nitrogens with one attached hydrogen (secondary N) is 2. The fourth-order valence-electron chi connectivity index (χ4n) is 1.97. The highest BCUT2D eigenvalue weighted by Crippen LogP contribution is 2.23. The molecular formula is C16H14ClN3O5. The summed E-state index contributed by atoms with van der Waals surface area (Å²) in [4.78, 5) is 34.3. The van der Waals surface area contributed by atoms with Crippen molar-refractivity contribution in [1.82, 2.24) is 10.9 Å². The maximum absolute atomic E-state index is 12.1.